The molecule has 0 saturated carbocycles. The molecule has 2 N–H and O–H groups in total. The molecule has 3 nitrogen and oxygen atoms in total. The molecule has 0 radical (unpaired) electrons. The summed E-state index contributed by atoms with van der Waals surface area (Å²) in [6.45, 7) is 1.15. The number of thiazole rings is 1. The SMILES string of the molecule is Cl.NCCn1ccsc1=O. The molecule has 1 aromatic heterocycles. The zero-order valence-electron chi connectivity index (χ0n) is 5.32. The summed E-state index contributed by atoms with van der Waals surface area (Å²) >= 11 is 1.20. The van der Waals surface area contributed by atoms with Gasteiger partial charge in [0.15, 0.2) is 0 Å². The average molecular weight is 181 g/mol. The fourth-order valence-corrected chi connectivity index (χ4v) is 1.21. The van der Waals surface area contributed by atoms with Gasteiger partial charge in [0.1, 0.15) is 0 Å². The molecule has 10 heavy (non-hydrogen) atoms. The van der Waals surface area contributed by atoms with Crippen LogP contribution in [0.2, 0.25) is 0 Å². The molecule has 0 atom stereocenters. The summed E-state index contributed by atoms with van der Waals surface area (Å²) in [7, 11) is 0. The topological polar surface area (TPSA) is 48.0 Å². The van der Waals surface area contributed by atoms with Crippen LogP contribution in [0.25, 0.3) is 0 Å². The normalized spacial score (nSPS) is 8.90. The van der Waals surface area contributed by atoms with E-state index in [0.717, 1.165) is 0 Å². The Labute approximate surface area is 68.9 Å². The molecule has 0 bridgehead atoms. The van der Waals surface area contributed by atoms with Gasteiger partial charge in [-0.25, -0.2) is 0 Å². The maximum Gasteiger partial charge on any atom is 0.307 e. The maximum atomic E-state index is 10.7. The van der Waals surface area contributed by atoms with E-state index in [-0.39, 0.29) is 17.3 Å². The smallest absolute Gasteiger partial charge is 0.307 e. The van der Waals surface area contributed by atoms with Crippen molar-refractivity contribution in [2.45, 2.75) is 6.54 Å². The van der Waals surface area contributed by atoms with Crippen LogP contribution in [-0.2, 0) is 6.54 Å². The standard InChI is InChI=1S/C5H8N2OS.ClH/c6-1-2-7-3-4-9-5(7)8;/h3-4H,1-2,6H2;1H. The molecule has 0 aliphatic carbocycles. The van der Waals surface area contributed by atoms with E-state index in [1.807, 2.05) is 0 Å². The third-order valence-electron chi connectivity index (χ3n) is 1.01. The van der Waals surface area contributed by atoms with E-state index < -0.39 is 0 Å². The van der Waals surface area contributed by atoms with Crippen LogP contribution in [0.5, 0.6) is 0 Å². The zero-order valence-corrected chi connectivity index (χ0v) is 6.95. The van der Waals surface area contributed by atoms with Crippen molar-refractivity contribution in [3.05, 3.63) is 21.2 Å². The fraction of sp³-hybridized carbons (Fsp3) is 0.400. The first-order chi connectivity index (χ1) is 4.34. The van der Waals surface area contributed by atoms with E-state index in [1.54, 1.807) is 16.1 Å². The lowest BCUT2D eigenvalue weighted by molar-refractivity contribution is 0.698. The highest BCUT2D eigenvalue weighted by molar-refractivity contribution is 7.07. The van der Waals surface area contributed by atoms with Gasteiger partial charge in [-0.1, -0.05) is 11.3 Å². The quantitative estimate of drug-likeness (QED) is 0.712. The molecule has 0 aliphatic rings. The number of nitrogens with zero attached hydrogens (tertiary/aromatic N) is 1. The summed E-state index contributed by atoms with van der Waals surface area (Å²) in [4.78, 5) is 10.8. The van der Waals surface area contributed by atoms with Crippen LogP contribution in [0, 0.1) is 0 Å². The van der Waals surface area contributed by atoms with Crippen LogP contribution < -0.4 is 10.6 Å². The van der Waals surface area contributed by atoms with E-state index in [4.69, 9.17) is 5.73 Å². The van der Waals surface area contributed by atoms with Crippen molar-refractivity contribution in [3.8, 4) is 0 Å². The minimum atomic E-state index is 0. The van der Waals surface area contributed by atoms with Gasteiger partial charge in [-0.15, -0.1) is 12.4 Å². The fourth-order valence-electron chi connectivity index (χ4n) is 0.596. The lowest BCUT2D eigenvalue weighted by Gasteiger charge is -1.92. The van der Waals surface area contributed by atoms with E-state index in [0.29, 0.717) is 13.1 Å². The Morgan fingerprint density at radius 2 is 2.40 bits per heavy atom. The van der Waals surface area contributed by atoms with Crippen LogP contribution in [0.4, 0.5) is 0 Å². The molecular weight excluding hydrogens is 172 g/mol. The number of aromatic nitrogens is 1. The summed E-state index contributed by atoms with van der Waals surface area (Å²) < 4.78 is 1.60. The van der Waals surface area contributed by atoms with E-state index >= 15 is 0 Å². The summed E-state index contributed by atoms with van der Waals surface area (Å²) in [5.74, 6) is 0. The molecule has 0 saturated heterocycles. The third-order valence-corrected chi connectivity index (χ3v) is 1.71. The Hall–Kier alpha value is -0.320. The van der Waals surface area contributed by atoms with Crippen LogP contribution in [0.15, 0.2) is 16.4 Å². The van der Waals surface area contributed by atoms with Crippen LogP contribution >= 0.6 is 23.7 Å². The summed E-state index contributed by atoms with van der Waals surface area (Å²) in [6.07, 6.45) is 1.75. The average Bonchev–Trinajstić information content (AvgIpc) is 2.18. The second-order valence-corrected chi connectivity index (χ2v) is 2.51. The molecule has 1 aromatic rings. The molecule has 1 heterocycles. The van der Waals surface area contributed by atoms with Crippen LogP contribution in [0.3, 0.4) is 0 Å². The molecule has 5 heteroatoms. The molecule has 58 valence electrons. The highest BCUT2D eigenvalue weighted by atomic mass is 35.5. The van der Waals surface area contributed by atoms with Gasteiger partial charge in [-0.2, -0.15) is 0 Å². The van der Waals surface area contributed by atoms with Gasteiger partial charge in [0.25, 0.3) is 0 Å². The lowest BCUT2D eigenvalue weighted by Crippen LogP contribution is -2.17. The van der Waals surface area contributed by atoms with Gasteiger partial charge in [-0.3, -0.25) is 4.79 Å². The van der Waals surface area contributed by atoms with Gasteiger partial charge in [0.2, 0.25) is 0 Å². The predicted octanol–water partition coefficient (Wildman–Crippen LogP) is 0.290. The molecule has 1 rings (SSSR count). The number of halogens is 1. The van der Waals surface area contributed by atoms with Crippen molar-refractivity contribution in [2.75, 3.05) is 6.54 Å². The van der Waals surface area contributed by atoms with E-state index in [9.17, 15) is 4.79 Å². The van der Waals surface area contributed by atoms with Crippen molar-refractivity contribution in [2.24, 2.45) is 5.73 Å². The van der Waals surface area contributed by atoms with Crippen molar-refractivity contribution in [1.29, 1.82) is 0 Å². The molecule has 0 spiro atoms. The van der Waals surface area contributed by atoms with Crippen molar-refractivity contribution >= 4 is 23.7 Å². The highest BCUT2D eigenvalue weighted by Crippen LogP contribution is 1.86. The Bertz CT molecular complexity index is 232. The van der Waals surface area contributed by atoms with Crippen LogP contribution in [0.1, 0.15) is 0 Å². The zero-order chi connectivity index (χ0) is 6.69. The monoisotopic (exact) mass is 180 g/mol. The van der Waals surface area contributed by atoms with Gasteiger partial charge in [-0.05, 0) is 0 Å². The third kappa shape index (κ3) is 2.13. The number of hydrogen-bond acceptors (Lipinski definition) is 3. The molecule has 0 aromatic carbocycles. The van der Waals surface area contributed by atoms with Gasteiger partial charge >= 0.3 is 4.87 Å². The first-order valence-electron chi connectivity index (χ1n) is 2.68. The molecule has 0 unspecified atom stereocenters. The highest BCUT2D eigenvalue weighted by Gasteiger charge is 1.91. The minimum Gasteiger partial charge on any atom is -0.329 e. The Morgan fingerprint density at radius 1 is 1.70 bits per heavy atom. The largest absolute Gasteiger partial charge is 0.329 e. The first kappa shape index (κ1) is 9.68. The Balaban J connectivity index is 0.000000810. The minimum absolute atomic E-state index is 0. The first-order valence-corrected chi connectivity index (χ1v) is 3.56. The van der Waals surface area contributed by atoms with E-state index in [2.05, 4.69) is 0 Å². The van der Waals surface area contributed by atoms with E-state index in [1.165, 1.54) is 11.3 Å². The number of hydrogen-bond donors (Lipinski definition) is 1. The summed E-state index contributed by atoms with van der Waals surface area (Å²) in [5.41, 5.74) is 5.23. The molecule has 0 aliphatic heterocycles. The number of rotatable bonds is 2. The Morgan fingerprint density at radius 3 is 2.80 bits per heavy atom. The maximum absolute atomic E-state index is 10.7. The van der Waals surface area contributed by atoms with Crippen molar-refractivity contribution in [3.63, 3.8) is 0 Å². The molecule has 0 amide bonds. The van der Waals surface area contributed by atoms with Gasteiger partial charge in [0.05, 0.1) is 0 Å². The summed E-state index contributed by atoms with van der Waals surface area (Å²) in [5, 5.41) is 1.76. The lowest BCUT2D eigenvalue weighted by atomic mass is 10.6. The second kappa shape index (κ2) is 4.49. The Kier molecular flexibility index (Phi) is 4.34. The molecular formula is C5H9ClN2OS. The molecule has 0 fully saturated rings. The second-order valence-electron chi connectivity index (χ2n) is 1.65. The summed E-state index contributed by atoms with van der Waals surface area (Å²) in [6, 6.07) is 0. The van der Waals surface area contributed by atoms with Crippen molar-refractivity contribution in [1.82, 2.24) is 4.57 Å². The van der Waals surface area contributed by atoms with Gasteiger partial charge < -0.3 is 10.3 Å². The number of nitrogens with two attached hydrogens (primary N) is 1. The predicted molar refractivity (Wildman–Crippen MR) is 44.9 cm³/mol. The van der Waals surface area contributed by atoms with Gasteiger partial charge in [0, 0.05) is 24.7 Å². The van der Waals surface area contributed by atoms with Crippen LogP contribution in [-0.4, -0.2) is 11.1 Å². The van der Waals surface area contributed by atoms with Crippen molar-refractivity contribution < 1.29 is 0 Å².